The van der Waals surface area contributed by atoms with Crippen LogP contribution < -0.4 is 21.7 Å². The summed E-state index contributed by atoms with van der Waals surface area (Å²) in [7, 11) is 0. The van der Waals surface area contributed by atoms with Gasteiger partial charge in [-0.2, -0.15) is 0 Å². The number of ether oxygens (including phenoxy) is 1. The number of unbranched alkanes of at least 4 members (excludes halogenated alkanes) is 4. The fourth-order valence-electron chi connectivity index (χ4n) is 2.90. The first-order chi connectivity index (χ1) is 17.5. The van der Waals surface area contributed by atoms with Crippen molar-refractivity contribution >= 4 is 17.7 Å². The molecule has 0 bridgehead atoms. The zero-order valence-corrected chi connectivity index (χ0v) is 24.2. The first kappa shape index (κ1) is 38.9. The molecule has 6 N–H and O–H groups in total. The number of nitrogens with two attached hydrogens (primary N) is 1. The average molecular weight is 527 g/mol. The van der Waals surface area contributed by atoms with Crippen LogP contribution in [-0.2, 0) is 19.1 Å². The van der Waals surface area contributed by atoms with E-state index in [2.05, 4.69) is 29.1 Å². The second-order valence-electron chi connectivity index (χ2n) is 8.57. The minimum Gasteiger partial charge on any atom is -0.508 e. The third-order valence-electron chi connectivity index (χ3n) is 4.82. The Balaban J connectivity index is -0.00000110. The highest BCUT2D eigenvalue weighted by atomic mass is 16.5. The van der Waals surface area contributed by atoms with Crippen molar-refractivity contribution < 1.29 is 24.2 Å². The van der Waals surface area contributed by atoms with Crippen LogP contribution in [0.1, 0.15) is 86.5 Å². The number of hydrogen-bond donors (Lipinski definition) is 5. The summed E-state index contributed by atoms with van der Waals surface area (Å²) in [5, 5.41) is 17.7. The lowest BCUT2D eigenvalue weighted by molar-refractivity contribution is -0.123. The normalized spacial score (nSPS) is 10.6. The molecule has 0 unspecified atom stereocenters. The van der Waals surface area contributed by atoms with E-state index in [1.54, 1.807) is 0 Å². The minimum atomic E-state index is -0.351. The Labute approximate surface area is 225 Å². The maximum absolute atomic E-state index is 12.0. The summed E-state index contributed by atoms with van der Waals surface area (Å²) >= 11 is 0. The SMILES string of the molecule is C=C/C=C(\C(=C)O)C(=O)NCCCCCCCC(=O)NC(C)(C)CCOCC.CC.CCNC(=O)CN. The highest BCUT2D eigenvalue weighted by Crippen LogP contribution is 2.11. The van der Waals surface area contributed by atoms with Crippen LogP contribution in [-0.4, -0.2) is 61.2 Å². The highest BCUT2D eigenvalue weighted by molar-refractivity contribution is 5.97. The van der Waals surface area contributed by atoms with E-state index in [1.165, 1.54) is 12.2 Å². The molecule has 0 saturated heterocycles. The van der Waals surface area contributed by atoms with Crippen LogP contribution in [0.25, 0.3) is 0 Å². The van der Waals surface area contributed by atoms with Crippen molar-refractivity contribution in [2.45, 2.75) is 92.0 Å². The van der Waals surface area contributed by atoms with Gasteiger partial charge in [0, 0.05) is 38.3 Å². The van der Waals surface area contributed by atoms with Crippen LogP contribution in [0.4, 0.5) is 0 Å². The molecule has 3 amide bonds. The van der Waals surface area contributed by atoms with Crippen molar-refractivity contribution in [3.05, 3.63) is 36.6 Å². The predicted octanol–water partition coefficient (Wildman–Crippen LogP) is 4.06. The van der Waals surface area contributed by atoms with Crippen molar-refractivity contribution in [1.29, 1.82) is 0 Å². The first-order valence-corrected chi connectivity index (χ1v) is 13.4. The van der Waals surface area contributed by atoms with Gasteiger partial charge in [-0.05, 0) is 53.0 Å². The summed E-state index contributed by atoms with van der Waals surface area (Å²) < 4.78 is 5.35. The van der Waals surface area contributed by atoms with E-state index in [9.17, 15) is 19.5 Å². The topological polar surface area (TPSA) is 143 Å². The van der Waals surface area contributed by atoms with Crippen LogP contribution in [0.2, 0.25) is 0 Å². The van der Waals surface area contributed by atoms with Gasteiger partial charge in [-0.25, -0.2) is 0 Å². The average Bonchev–Trinajstić information content (AvgIpc) is 2.85. The van der Waals surface area contributed by atoms with E-state index in [0.717, 1.165) is 38.5 Å². The molecule has 0 aliphatic rings. The number of nitrogens with one attached hydrogen (secondary N) is 3. The zero-order valence-electron chi connectivity index (χ0n) is 24.2. The maximum Gasteiger partial charge on any atom is 0.255 e. The largest absolute Gasteiger partial charge is 0.508 e. The van der Waals surface area contributed by atoms with Gasteiger partial charge in [-0.15, -0.1) is 0 Å². The Morgan fingerprint density at radius 1 is 1.00 bits per heavy atom. The van der Waals surface area contributed by atoms with Gasteiger partial charge in [0.15, 0.2) is 0 Å². The Morgan fingerprint density at radius 3 is 2.08 bits per heavy atom. The summed E-state index contributed by atoms with van der Waals surface area (Å²) in [5.41, 5.74) is 4.83. The third kappa shape index (κ3) is 26.2. The number of carbonyl (C=O) groups excluding carboxylic acids is 3. The Bertz CT molecular complexity index is 675. The van der Waals surface area contributed by atoms with E-state index in [1.807, 2.05) is 41.5 Å². The molecule has 0 radical (unpaired) electrons. The molecule has 0 rings (SSSR count). The summed E-state index contributed by atoms with van der Waals surface area (Å²) in [4.78, 5) is 34.1. The molecule has 37 heavy (non-hydrogen) atoms. The Hall–Kier alpha value is -2.65. The number of allylic oxidation sites excluding steroid dienone is 2. The van der Waals surface area contributed by atoms with Crippen LogP contribution in [0.15, 0.2) is 36.6 Å². The molecule has 0 heterocycles. The number of aliphatic hydroxyl groups is 1. The van der Waals surface area contributed by atoms with E-state index < -0.39 is 0 Å². The second kappa shape index (κ2) is 26.4. The van der Waals surface area contributed by atoms with Crippen molar-refractivity contribution in [3.63, 3.8) is 0 Å². The smallest absolute Gasteiger partial charge is 0.255 e. The van der Waals surface area contributed by atoms with Crippen molar-refractivity contribution in [2.24, 2.45) is 5.73 Å². The third-order valence-corrected chi connectivity index (χ3v) is 4.82. The van der Waals surface area contributed by atoms with Crippen LogP contribution >= 0.6 is 0 Å². The fourth-order valence-corrected chi connectivity index (χ4v) is 2.90. The quantitative estimate of drug-likeness (QED) is 0.0789. The lowest BCUT2D eigenvalue weighted by Gasteiger charge is -2.26. The van der Waals surface area contributed by atoms with Crippen molar-refractivity contribution in [1.82, 2.24) is 16.0 Å². The number of aliphatic hydroxyl groups excluding tert-OH is 1. The summed E-state index contributed by atoms with van der Waals surface area (Å²) in [6.07, 6.45) is 8.87. The molecule has 0 fully saturated rings. The molecular weight excluding hydrogens is 472 g/mol. The number of amides is 3. The lowest BCUT2D eigenvalue weighted by atomic mass is 10.0. The molecule has 0 aromatic carbocycles. The Morgan fingerprint density at radius 2 is 1.59 bits per heavy atom. The molecule has 0 aromatic rings. The fraction of sp³-hybridized carbons (Fsp3) is 0.679. The molecule has 0 aliphatic heterocycles. The van der Waals surface area contributed by atoms with E-state index in [0.29, 0.717) is 32.7 Å². The highest BCUT2D eigenvalue weighted by Gasteiger charge is 2.19. The van der Waals surface area contributed by atoms with Gasteiger partial charge in [0.25, 0.3) is 5.91 Å². The minimum absolute atomic E-state index is 0.0829. The summed E-state index contributed by atoms with van der Waals surface area (Å²) in [6.45, 7) is 21.4. The van der Waals surface area contributed by atoms with E-state index in [-0.39, 0.29) is 41.1 Å². The molecule has 0 saturated carbocycles. The van der Waals surface area contributed by atoms with Crippen LogP contribution in [0, 0.1) is 0 Å². The van der Waals surface area contributed by atoms with Gasteiger partial charge in [-0.3, -0.25) is 14.4 Å². The van der Waals surface area contributed by atoms with Gasteiger partial charge in [-0.1, -0.05) is 52.3 Å². The molecule has 216 valence electrons. The summed E-state index contributed by atoms with van der Waals surface area (Å²) in [5.74, 6) is -0.630. The predicted molar refractivity (Wildman–Crippen MR) is 153 cm³/mol. The Kier molecular flexibility index (Phi) is 27.8. The molecule has 9 heteroatoms. The zero-order chi connectivity index (χ0) is 29.1. The monoisotopic (exact) mass is 526 g/mol. The van der Waals surface area contributed by atoms with Crippen molar-refractivity contribution in [2.75, 3.05) is 32.8 Å². The number of rotatable bonds is 18. The van der Waals surface area contributed by atoms with Crippen LogP contribution in [0.3, 0.4) is 0 Å². The number of likely N-dealkylation sites (N-methyl/N-ethyl adjacent to an activating group) is 1. The molecule has 0 aliphatic carbocycles. The molecule has 0 atom stereocenters. The van der Waals surface area contributed by atoms with Gasteiger partial charge >= 0.3 is 0 Å². The van der Waals surface area contributed by atoms with Gasteiger partial charge in [0.05, 0.1) is 12.1 Å². The van der Waals surface area contributed by atoms with Gasteiger partial charge in [0.1, 0.15) is 5.76 Å². The number of carbonyl (C=O) groups is 3. The first-order valence-electron chi connectivity index (χ1n) is 13.4. The number of hydrogen-bond acceptors (Lipinski definition) is 6. The molecule has 9 nitrogen and oxygen atoms in total. The molecule has 0 spiro atoms. The molecule has 0 aromatic heterocycles. The standard InChI is InChI=1S/C22H38N2O4.C4H10N2O.C2H6/c1-6-13-19(18(3)25)21(27)23-16-12-10-8-9-11-14-20(26)24-22(4,5)15-17-28-7-2;1-2-6-4(7)3-5;1-2/h6,13,25H,1,3,7-12,14-17H2,2,4-5H3,(H,23,27)(H,24,26);2-3,5H2,1H3,(H,6,7);1-2H3/b19-13+;;. The van der Waals surface area contributed by atoms with Crippen LogP contribution in [0.5, 0.6) is 0 Å². The van der Waals surface area contributed by atoms with Gasteiger partial charge in [0.2, 0.25) is 11.8 Å². The summed E-state index contributed by atoms with van der Waals surface area (Å²) in [6, 6.07) is 0. The van der Waals surface area contributed by atoms with E-state index >= 15 is 0 Å². The van der Waals surface area contributed by atoms with Crippen molar-refractivity contribution in [3.8, 4) is 0 Å². The van der Waals surface area contributed by atoms with E-state index in [4.69, 9.17) is 10.5 Å². The second-order valence-corrected chi connectivity index (χ2v) is 8.57. The maximum atomic E-state index is 12.0. The lowest BCUT2D eigenvalue weighted by Crippen LogP contribution is -2.44. The molecular formula is C28H54N4O5. The van der Waals surface area contributed by atoms with Gasteiger partial charge < -0.3 is 31.5 Å².